The van der Waals surface area contributed by atoms with Crippen LogP contribution < -0.4 is 5.32 Å². The fourth-order valence-corrected chi connectivity index (χ4v) is 3.13. The van der Waals surface area contributed by atoms with Crippen molar-refractivity contribution in [2.45, 2.75) is 18.4 Å². The number of nitrogens with one attached hydrogen (secondary N) is 1. The van der Waals surface area contributed by atoms with E-state index in [4.69, 9.17) is 4.74 Å². The Balaban J connectivity index is 1.84. The molecule has 0 amide bonds. The Morgan fingerprint density at radius 1 is 1.28 bits per heavy atom. The molecule has 1 aromatic carbocycles. The van der Waals surface area contributed by atoms with Gasteiger partial charge in [0.25, 0.3) is 0 Å². The molecule has 18 heavy (non-hydrogen) atoms. The van der Waals surface area contributed by atoms with Crippen molar-refractivity contribution in [3.8, 4) is 0 Å². The summed E-state index contributed by atoms with van der Waals surface area (Å²) in [6.45, 7) is 5.13. The number of hydrogen-bond donors (Lipinski definition) is 1. The molecule has 98 valence electrons. The van der Waals surface area contributed by atoms with Crippen molar-refractivity contribution < 1.29 is 4.74 Å². The Hall–Kier alpha value is -0.900. The van der Waals surface area contributed by atoms with E-state index in [1.54, 1.807) is 0 Å². The highest BCUT2D eigenvalue weighted by molar-refractivity contribution is 5.33. The van der Waals surface area contributed by atoms with Gasteiger partial charge in [0.15, 0.2) is 0 Å². The average Bonchev–Trinajstić information content (AvgIpc) is 2.86. The predicted octanol–water partition coefficient (Wildman–Crippen LogP) is 1.77. The van der Waals surface area contributed by atoms with E-state index in [1.807, 2.05) is 0 Å². The molecule has 2 fully saturated rings. The summed E-state index contributed by atoms with van der Waals surface area (Å²) in [4.78, 5) is 2.42. The van der Waals surface area contributed by atoms with Crippen molar-refractivity contribution in [3.63, 3.8) is 0 Å². The van der Waals surface area contributed by atoms with E-state index in [0.717, 1.165) is 19.7 Å². The van der Waals surface area contributed by atoms with Crippen LogP contribution in [0.15, 0.2) is 24.3 Å². The minimum atomic E-state index is 0.237. The smallest absolute Gasteiger partial charge is 0.0952 e. The summed E-state index contributed by atoms with van der Waals surface area (Å²) >= 11 is 0. The van der Waals surface area contributed by atoms with E-state index in [9.17, 15) is 0 Å². The molecule has 2 heterocycles. The second-order valence-electron chi connectivity index (χ2n) is 5.44. The molecule has 2 atom stereocenters. The van der Waals surface area contributed by atoms with Gasteiger partial charge in [0.1, 0.15) is 0 Å². The van der Waals surface area contributed by atoms with E-state index in [-0.39, 0.29) is 6.10 Å². The van der Waals surface area contributed by atoms with E-state index in [0.29, 0.717) is 5.92 Å². The molecule has 0 aromatic heterocycles. The fraction of sp³-hybridized carbons (Fsp3) is 0.600. The highest BCUT2D eigenvalue weighted by Crippen LogP contribution is 2.33. The van der Waals surface area contributed by atoms with Gasteiger partial charge in [-0.15, -0.1) is 0 Å². The molecule has 0 spiro atoms. The number of likely N-dealkylation sites (tertiary alicyclic amines) is 1. The van der Waals surface area contributed by atoms with E-state index < -0.39 is 0 Å². The molecular weight excluding hydrogens is 224 g/mol. The third-order valence-electron chi connectivity index (χ3n) is 4.10. The van der Waals surface area contributed by atoms with Crippen molar-refractivity contribution in [2.24, 2.45) is 0 Å². The number of likely N-dealkylation sites (N-methyl/N-ethyl adjacent to an activating group) is 1. The summed E-state index contributed by atoms with van der Waals surface area (Å²) in [5.41, 5.74) is 2.89. The lowest BCUT2D eigenvalue weighted by Gasteiger charge is -2.27. The van der Waals surface area contributed by atoms with E-state index in [1.165, 1.54) is 30.6 Å². The first kappa shape index (κ1) is 12.2. The van der Waals surface area contributed by atoms with Gasteiger partial charge in [0.2, 0.25) is 0 Å². The molecule has 0 radical (unpaired) electrons. The largest absolute Gasteiger partial charge is 0.371 e. The molecule has 3 heteroatoms. The molecule has 1 N–H and O–H groups in total. The number of benzene rings is 1. The van der Waals surface area contributed by atoms with Crippen LogP contribution in [0.3, 0.4) is 0 Å². The van der Waals surface area contributed by atoms with Crippen molar-refractivity contribution >= 4 is 0 Å². The molecule has 2 unspecified atom stereocenters. The van der Waals surface area contributed by atoms with Crippen LogP contribution in [0.4, 0.5) is 0 Å². The maximum atomic E-state index is 5.91. The van der Waals surface area contributed by atoms with Crippen molar-refractivity contribution in [2.75, 3.05) is 39.8 Å². The summed E-state index contributed by atoms with van der Waals surface area (Å²) < 4.78 is 5.91. The van der Waals surface area contributed by atoms with Gasteiger partial charge in [-0.3, -0.25) is 0 Å². The molecule has 0 aliphatic carbocycles. The Kier molecular flexibility index (Phi) is 3.64. The predicted molar refractivity (Wildman–Crippen MR) is 72.9 cm³/mol. The Morgan fingerprint density at radius 3 is 2.78 bits per heavy atom. The first-order chi connectivity index (χ1) is 8.84. The fourth-order valence-electron chi connectivity index (χ4n) is 3.13. The Bertz CT molecular complexity index is 377. The maximum absolute atomic E-state index is 5.91. The zero-order valence-electron chi connectivity index (χ0n) is 11.1. The average molecular weight is 246 g/mol. The summed E-state index contributed by atoms with van der Waals surface area (Å²) in [5, 5.41) is 3.42. The lowest BCUT2D eigenvalue weighted by atomic mass is 9.90. The van der Waals surface area contributed by atoms with Gasteiger partial charge in [0, 0.05) is 19.6 Å². The van der Waals surface area contributed by atoms with Gasteiger partial charge in [-0.25, -0.2) is 0 Å². The number of rotatable bonds is 2. The van der Waals surface area contributed by atoms with Crippen LogP contribution in [-0.2, 0) is 4.74 Å². The second-order valence-corrected chi connectivity index (χ2v) is 5.44. The quantitative estimate of drug-likeness (QED) is 0.860. The molecule has 2 aliphatic heterocycles. The van der Waals surface area contributed by atoms with Gasteiger partial charge in [-0.1, -0.05) is 24.3 Å². The molecule has 0 bridgehead atoms. The third kappa shape index (κ3) is 2.44. The molecule has 2 saturated heterocycles. The maximum Gasteiger partial charge on any atom is 0.0952 e. The van der Waals surface area contributed by atoms with Crippen LogP contribution in [0, 0.1) is 0 Å². The summed E-state index contributed by atoms with van der Waals surface area (Å²) in [6.07, 6.45) is 1.51. The number of ether oxygens (including phenoxy) is 1. The summed E-state index contributed by atoms with van der Waals surface area (Å²) in [5.74, 6) is 0.678. The molecule has 2 aliphatic rings. The zero-order chi connectivity index (χ0) is 12.4. The number of morpholine rings is 1. The molecule has 0 saturated carbocycles. The Labute approximate surface area is 109 Å². The lowest BCUT2D eigenvalue weighted by Crippen LogP contribution is -2.34. The van der Waals surface area contributed by atoms with Gasteiger partial charge in [-0.2, -0.15) is 0 Å². The van der Waals surface area contributed by atoms with Crippen molar-refractivity contribution in [1.29, 1.82) is 0 Å². The molecule has 3 nitrogen and oxygen atoms in total. The van der Waals surface area contributed by atoms with Gasteiger partial charge >= 0.3 is 0 Å². The standard InChI is InChI=1S/C15H22N2O/c1-17-8-6-12(11-17)13-4-2-3-5-14(13)15-10-16-7-9-18-15/h2-5,12,15-16H,6-11H2,1H3. The SMILES string of the molecule is CN1CCC(c2ccccc2C2CNCCO2)C1. The number of nitrogens with zero attached hydrogens (tertiary/aromatic N) is 1. The Morgan fingerprint density at radius 2 is 2.11 bits per heavy atom. The van der Waals surface area contributed by atoms with Crippen LogP contribution in [0.2, 0.25) is 0 Å². The van der Waals surface area contributed by atoms with Crippen LogP contribution in [-0.4, -0.2) is 44.7 Å². The van der Waals surface area contributed by atoms with Crippen LogP contribution in [0.5, 0.6) is 0 Å². The lowest BCUT2D eigenvalue weighted by molar-refractivity contribution is 0.0270. The highest BCUT2D eigenvalue weighted by Gasteiger charge is 2.26. The van der Waals surface area contributed by atoms with E-state index >= 15 is 0 Å². The molecule has 1 aromatic rings. The second kappa shape index (κ2) is 5.39. The normalized spacial score (nSPS) is 29.6. The topological polar surface area (TPSA) is 24.5 Å². The van der Waals surface area contributed by atoms with Crippen molar-refractivity contribution in [3.05, 3.63) is 35.4 Å². The number of hydrogen-bond acceptors (Lipinski definition) is 3. The summed E-state index contributed by atoms with van der Waals surface area (Å²) in [6, 6.07) is 8.82. The minimum Gasteiger partial charge on any atom is -0.371 e. The van der Waals surface area contributed by atoms with Crippen LogP contribution >= 0.6 is 0 Å². The van der Waals surface area contributed by atoms with Gasteiger partial charge < -0.3 is 15.0 Å². The van der Waals surface area contributed by atoms with Crippen LogP contribution in [0.25, 0.3) is 0 Å². The van der Waals surface area contributed by atoms with Crippen molar-refractivity contribution in [1.82, 2.24) is 10.2 Å². The minimum absolute atomic E-state index is 0.237. The first-order valence-electron chi connectivity index (χ1n) is 6.94. The van der Waals surface area contributed by atoms with E-state index in [2.05, 4.69) is 41.5 Å². The summed E-state index contributed by atoms with van der Waals surface area (Å²) in [7, 11) is 2.21. The highest BCUT2D eigenvalue weighted by atomic mass is 16.5. The van der Waals surface area contributed by atoms with Gasteiger partial charge in [0.05, 0.1) is 12.7 Å². The zero-order valence-corrected chi connectivity index (χ0v) is 11.1. The third-order valence-corrected chi connectivity index (χ3v) is 4.10. The van der Waals surface area contributed by atoms with Crippen LogP contribution in [0.1, 0.15) is 29.6 Å². The molecular formula is C15H22N2O. The monoisotopic (exact) mass is 246 g/mol. The molecule has 3 rings (SSSR count). The first-order valence-corrected chi connectivity index (χ1v) is 6.94. The van der Waals surface area contributed by atoms with Gasteiger partial charge in [-0.05, 0) is 37.1 Å².